The molecule has 3 aromatic carbocycles. The van der Waals surface area contributed by atoms with E-state index >= 15 is 0 Å². The first-order valence-corrected chi connectivity index (χ1v) is 10.7. The number of benzene rings is 3. The summed E-state index contributed by atoms with van der Waals surface area (Å²) >= 11 is 0. The van der Waals surface area contributed by atoms with Crippen LogP contribution in [0.2, 0.25) is 0 Å². The van der Waals surface area contributed by atoms with Crippen LogP contribution in [0.3, 0.4) is 0 Å². The lowest BCUT2D eigenvalue weighted by Gasteiger charge is -2.11. The molecule has 0 amide bonds. The summed E-state index contributed by atoms with van der Waals surface area (Å²) in [6.07, 6.45) is -0.239. The van der Waals surface area contributed by atoms with Crippen LogP contribution in [0.4, 0.5) is 0 Å². The van der Waals surface area contributed by atoms with Gasteiger partial charge in [0.15, 0.2) is 0 Å². The number of ether oxygens (including phenoxy) is 2. The van der Waals surface area contributed by atoms with Gasteiger partial charge in [0.2, 0.25) is 0 Å². The van der Waals surface area contributed by atoms with Crippen LogP contribution in [-0.2, 0) is 16.2 Å². The van der Waals surface area contributed by atoms with Crippen LogP contribution in [0.5, 0.6) is 11.5 Å². The van der Waals surface area contributed by atoms with Crippen LogP contribution in [0.15, 0.2) is 78.0 Å². The van der Waals surface area contributed by atoms with Crippen molar-refractivity contribution < 1.29 is 24.2 Å². The van der Waals surface area contributed by atoms with E-state index in [4.69, 9.17) is 29.9 Å². The van der Waals surface area contributed by atoms with E-state index in [9.17, 15) is 4.79 Å². The topological polar surface area (TPSA) is 125 Å². The van der Waals surface area contributed by atoms with Crippen LogP contribution in [0.25, 0.3) is 0 Å². The summed E-state index contributed by atoms with van der Waals surface area (Å²) in [6.45, 7) is 0.519. The van der Waals surface area contributed by atoms with Gasteiger partial charge in [0.1, 0.15) is 37.5 Å². The zero-order valence-electron chi connectivity index (χ0n) is 19.0. The second-order valence-corrected chi connectivity index (χ2v) is 7.48. The molecule has 0 saturated heterocycles. The van der Waals surface area contributed by atoms with Gasteiger partial charge in [-0.05, 0) is 47.5 Å². The predicted octanol–water partition coefficient (Wildman–Crippen LogP) is 4.65. The quantitative estimate of drug-likeness (QED) is 0.320. The molecule has 0 aromatic heterocycles. The molecule has 0 aliphatic carbocycles. The molecule has 0 spiro atoms. The Kier molecular flexibility index (Phi) is 8.81. The van der Waals surface area contributed by atoms with E-state index in [2.05, 4.69) is 11.2 Å². The van der Waals surface area contributed by atoms with Gasteiger partial charge < -0.3 is 19.4 Å². The fourth-order valence-electron chi connectivity index (χ4n) is 3.22. The number of nitrogens with zero attached hydrogens (tertiary/aromatic N) is 3. The largest absolute Gasteiger partial charge is 0.489 e. The van der Waals surface area contributed by atoms with Crippen molar-refractivity contribution in [2.45, 2.75) is 18.9 Å². The second-order valence-electron chi connectivity index (χ2n) is 7.48. The summed E-state index contributed by atoms with van der Waals surface area (Å²) in [4.78, 5) is 15.8. The van der Waals surface area contributed by atoms with Gasteiger partial charge in [0.25, 0.3) is 0 Å². The molecule has 8 nitrogen and oxygen atoms in total. The maximum absolute atomic E-state index is 10.9. The van der Waals surface area contributed by atoms with Crippen molar-refractivity contribution in [1.29, 1.82) is 10.5 Å². The van der Waals surface area contributed by atoms with Crippen molar-refractivity contribution in [2.24, 2.45) is 5.16 Å². The zero-order chi connectivity index (χ0) is 25.0. The average molecular weight is 469 g/mol. The summed E-state index contributed by atoms with van der Waals surface area (Å²) < 4.78 is 11.6. The third-order valence-electron chi connectivity index (χ3n) is 5.07. The van der Waals surface area contributed by atoms with Gasteiger partial charge in [-0.15, -0.1) is 0 Å². The lowest BCUT2D eigenvalue weighted by molar-refractivity contribution is -0.137. The molecule has 0 aliphatic rings. The Bertz CT molecular complexity index is 1240. The molecule has 35 heavy (non-hydrogen) atoms. The Hall–Kier alpha value is -4.82. The van der Waals surface area contributed by atoms with Gasteiger partial charge in [-0.2, -0.15) is 10.5 Å². The number of nitriles is 2. The van der Waals surface area contributed by atoms with Gasteiger partial charge in [-0.3, -0.25) is 4.79 Å². The van der Waals surface area contributed by atoms with E-state index in [0.29, 0.717) is 34.9 Å². The number of hydrogen-bond donors (Lipinski definition) is 1. The molecule has 1 atom stereocenters. The fraction of sp³-hybridized carbons (Fsp3) is 0.185. The first-order valence-electron chi connectivity index (χ1n) is 10.7. The van der Waals surface area contributed by atoms with Gasteiger partial charge in [0.05, 0.1) is 30.0 Å². The van der Waals surface area contributed by atoms with E-state index in [1.54, 1.807) is 48.5 Å². The Morgan fingerprint density at radius 1 is 0.943 bits per heavy atom. The number of rotatable bonds is 11. The Labute approximate surface area is 203 Å². The molecule has 1 unspecified atom stereocenters. The van der Waals surface area contributed by atoms with Crippen LogP contribution in [0, 0.1) is 22.7 Å². The standard InChI is InChI=1S/C27H23N3O5/c1-33-30-26(22-6-2-19(15-28)3-7-22)18-35-24-10-4-20(5-11-24)17-34-25-12-8-21(9-13-25)23(16-29)14-27(31)32/h2-13,23H,14,17-18H2,1H3,(H,31,32)/b30-26-. The maximum Gasteiger partial charge on any atom is 0.305 e. The van der Waals surface area contributed by atoms with Gasteiger partial charge in [-0.25, -0.2) is 0 Å². The Morgan fingerprint density at radius 3 is 2.14 bits per heavy atom. The minimum atomic E-state index is -1.01. The molecular weight excluding hydrogens is 446 g/mol. The van der Waals surface area contributed by atoms with E-state index in [-0.39, 0.29) is 13.0 Å². The number of hydrogen-bond acceptors (Lipinski definition) is 7. The first-order chi connectivity index (χ1) is 17.0. The number of carboxylic acid groups (broad SMARTS) is 1. The average Bonchev–Trinajstić information content (AvgIpc) is 2.89. The molecule has 0 heterocycles. The second kappa shape index (κ2) is 12.4. The summed E-state index contributed by atoms with van der Waals surface area (Å²) in [6, 6.07) is 25.4. The summed E-state index contributed by atoms with van der Waals surface area (Å²) in [5.41, 5.74) is 3.52. The van der Waals surface area contributed by atoms with Crippen molar-refractivity contribution in [1.82, 2.24) is 0 Å². The Balaban J connectivity index is 1.54. The minimum Gasteiger partial charge on any atom is -0.489 e. The molecular formula is C27H23N3O5. The zero-order valence-corrected chi connectivity index (χ0v) is 19.0. The molecule has 8 heteroatoms. The monoisotopic (exact) mass is 469 g/mol. The fourth-order valence-corrected chi connectivity index (χ4v) is 3.22. The summed E-state index contributed by atoms with van der Waals surface area (Å²) in [5.74, 6) is -0.443. The van der Waals surface area contributed by atoms with Crippen molar-refractivity contribution in [3.63, 3.8) is 0 Å². The highest BCUT2D eigenvalue weighted by Gasteiger charge is 2.14. The highest BCUT2D eigenvalue weighted by atomic mass is 16.6. The van der Waals surface area contributed by atoms with E-state index in [1.807, 2.05) is 30.3 Å². The van der Waals surface area contributed by atoms with Crippen molar-refractivity contribution in [2.75, 3.05) is 13.7 Å². The summed E-state index contributed by atoms with van der Waals surface area (Å²) in [5, 5.41) is 31.0. The number of carbonyl (C=O) groups is 1. The maximum atomic E-state index is 10.9. The predicted molar refractivity (Wildman–Crippen MR) is 128 cm³/mol. The Morgan fingerprint density at radius 2 is 1.57 bits per heavy atom. The number of aliphatic carboxylic acids is 1. The normalized spacial score (nSPS) is 11.6. The van der Waals surface area contributed by atoms with Crippen LogP contribution in [0.1, 0.15) is 34.6 Å². The SMILES string of the molecule is CO/N=C(/COc1ccc(COc2ccc(C(C#N)CC(=O)O)cc2)cc1)c1ccc(C#N)cc1. The van der Waals surface area contributed by atoms with Gasteiger partial charge >= 0.3 is 5.97 Å². The van der Waals surface area contributed by atoms with E-state index in [0.717, 1.165) is 11.1 Å². The van der Waals surface area contributed by atoms with Crippen molar-refractivity contribution in [3.8, 4) is 23.6 Å². The molecule has 1 N–H and O–H groups in total. The molecule has 0 radical (unpaired) electrons. The molecule has 176 valence electrons. The molecule has 0 saturated carbocycles. The van der Waals surface area contributed by atoms with Gasteiger partial charge in [-0.1, -0.05) is 41.6 Å². The van der Waals surface area contributed by atoms with Crippen molar-refractivity contribution in [3.05, 3.63) is 95.1 Å². The molecule has 3 rings (SSSR count). The van der Waals surface area contributed by atoms with Crippen LogP contribution < -0.4 is 9.47 Å². The van der Waals surface area contributed by atoms with Crippen molar-refractivity contribution >= 4 is 11.7 Å². The lowest BCUT2D eigenvalue weighted by Crippen LogP contribution is -2.13. The third-order valence-corrected chi connectivity index (χ3v) is 5.07. The number of carboxylic acids is 1. The van der Waals surface area contributed by atoms with Crippen LogP contribution >= 0.6 is 0 Å². The van der Waals surface area contributed by atoms with E-state index < -0.39 is 11.9 Å². The van der Waals surface area contributed by atoms with Gasteiger partial charge in [0, 0.05) is 5.56 Å². The molecule has 3 aromatic rings. The summed E-state index contributed by atoms with van der Waals surface area (Å²) in [7, 11) is 1.46. The highest BCUT2D eigenvalue weighted by molar-refractivity contribution is 6.01. The lowest BCUT2D eigenvalue weighted by atomic mass is 9.97. The molecule has 0 aliphatic heterocycles. The highest BCUT2D eigenvalue weighted by Crippen LogP contribution is 2.23. The smallest absolute Gasteiger partial charge is 0.305 e. The van der Waals surface area contributed by atoms with Crippen LogP contribution in [-0.4, -0.2) is 30.5 Å². The van der Waals surface area contributed by atoms with E-state index in [1.165, 1.54) is 7.11 Å². The molecule has 0 bridgehead atoms. The third kappa shape index (κ3) is 7.34. The molecule has 0 fully saturated rings. The first kappa shape index (κ1) is 24.8. The minimum absolute atomic E-state index is 0.188. The number of oxime groups is 1.